The molecule has 196 valence electrons. The van der Waals surface area contributed by atoms with Crippen molar-refractivity contribution in [2.45, 2.75) is 69.4 Å². The van der Waals surface area contributed by atoms with Gasteiger partial charge in [0.1, 0.15) is 11.3 Å². The maximum atomic E-state index is 12.8. The van der Waals surface area contributed by atoms with Crippen LogP contribution in [0.3, 0.4) is 0 Å². The molecule has 1 aromatic rings. The summed E-state index contributed by atoms with van der Waals surface area (Å²) in [5.74, 6) is 0. The maximum absolute atomic E-state index is 12.8. The van der Waals surface area contributed by atoms with E-state index in [0.29, 0.717) is 38.4 Å². The number of rotatable bonds is 8. The lowest BCUT2D eigenvalue weighted by molar-refractivity contribution is -0.384. The molecule has 0 bridgehead atoms. The zero-order valence-corrected chi connectivity index (χ0v) is 21.6. The van der Waals surface area contributed by atoms with E-state index >= 15 is 0 Å². The second-order valence-corrected chi connectivity index (χ2v) is 11.9. The topological polar surface area (TPSA) is 134 Å². The van der Waals surface area contributed by atoms with E-state index in [2.05, 4.69) is 14.9 Å². The fourth-order valence-electron chi connectivity index (χ4n) is 4.32. The van der Waals surface area contributed by atoms with Crippen LogP contribution in [0, 0.1) is 10.1 Å². The Balaban J connectivity index is 1.52. The predicted octanol–water partition coefficient (Wildman–Crippen LogP) is 3.17. The molecule has 1 aliphatic heterocycles. The van der Waals surface area contributed by atoms with Crippen LogP contribution in [0.1, 0.15) is 52.9 Å². The van der Waals surface area contributed by atoms with Crippen molar-refractivity contribution >= 4 is 27.5 Å². The first kappa shape index (κ1) is 27.2. The minimum Gasteiger partial charge on any atom is -0.444 e. The minimum absolute atomic E-state index is 0.131. The van der Waals surface area contributed by atoms with Crippen LogP contribution in [0.25, 0.3) is 0 Å². The number of nitrogens with zero attached hydrogens (tertiary/aromatic N) is 3. The number of carbonyl (C=O) groups is 1. The van der Waals surface area contributed by atoms with Crippen LogP contribution >= 0.6 is 0 Å². The number of piperazine rings is 1. The zero-order chi connectivity index (χ0) is 25.6. The lowest BCUT2D eigenvalue weighted by atomic mass is 9.95. The number of amides is 1. The van der Waals surface area contributed by atoms with Gasteiger partial charge in [-0.2, -0.15) is 0 Å². The Morgan fingerprint density at radius 1 is 1.14 bits per heavy atom. The molecule has 35 heavy (non-hydrogen) atoms. The van der Waals surface area contributed by atoms with E-state index in [1.165, 1.54) is 18.6 Å². The average Bonchev–Trinajstić information content (AvgIpc) is 2.79. The van der Waals surface area contributed by atoms with Gasteiger partial charge in [0.25, 0.3) is 5.69 Å². The lowest BCUT2D eigenvalue weighted by Gasteiger charge is -2.35. The summed E-state index contributed by atoms with van der Waals surface area (Å²) in [6.07, 6.45) is 4.88. The van der Waals surface area contributed by atoms with E-state index < -0.39 is 20.5 Å². The number of ether oxygens (including phenoxy) is 1. The molecular weight excluding hydrogens is 474 g/mol. The van der Waals surface area contributed by atoms with E-state index in [1.54, 1.807) is 4.90 Å². The number of carbonyl (C=O) groups excluding carboxylic acids is 1. The summed E-state index contributed by atoms with van der Waals surface area (Å²) < 4.78 is 33.5. The molecule has 1 saturated carbocycles. The van der Waals surface area contributed by atoms with Gasteiger partial charge in [-0.15, -0.1) is 0 Å². The lowest BCUT2D eigenvalue weighted by Crippen LogP contribution is -2.51. The molecule has 2 N–H and O–H groups in total. The highest BCUT2D eigenvalue weighted by Crippen LogP contribution is 2.30. The van der Waals surface area contributed by atoms with Crippen LogP contribution in [-0.4, -0.2) is 80.1 Å². The molecule has 0 aromatic heterocycles. The molecular formula is C23H37N5O6S. The average molecular weight is 512 g/mol. The molecule has 2 fully saturated rings. The Hall–Kier alpha value is -2.44. The van der Waals surface area contributed by atoms with E-state index in [1.807, 2.05) is 20.8 Å². The van der Waals surface area contributed by atoms with E-state index in [4.69, 9.17) is 4.74 Å². The van der Waals surface area contributed by atoms with Crippen LogP contribution in [0.5, 0.6) is 0 Å². The smallest absolute Gasteiger partial charge is 0.410 e. The molecule has 1 amide bonds. The Kier molecular flexibility index (Phi) is 8.94. The van der Waals surface area contributed by atoms with Crippen molar-refractivity contribution in [1.29, 1.82) is 0 Å². The largest absolute Gasteiger partial charge is 0.444 e. The number of benzene rings is 1. The molecule has 2 aliphatic rings. The number of nitrogens with one attached hydrogen (secondary N) is 2. The molecule has 0 spiro atoms. The van der Waals surface area contributed by atoms with Crippen molar-refractivity contribution in [3.8, 4) is 0 Å². The summed E-state index contributed by atoms with van der Waals surface area (Å²) in [7, 11) is -3.90. The Morgan fingerprint density at radius 3 is 2.40 bits per heavy atom. The summed E-state index contributed by atoms with van der Waals surface area (Å²) in [6, 6.07) is 4.17. The number of hydrogen-bond donors (Lipinski definition) is 2. The molecule has 0 radical (unpaired) electrons. The predicted molar refractivity (Wildman–Crippen MR) is 133 cm³/mol. The summed E-state index contributed by atoms with van der Waals surface area (Å²) in [5.41, 5.74) is -0.438. The van der Waals surface area contributed by atoms with Gasteiger partial charge in [-0.3, -0.25) is 15.0 Å². The van der Waals surface area contributed by atoms with Crippen molar-refractivity contribution < 1.29 is 22.9 Å². The first-order valence-corrected chi connectivity index (χ1v) is 13.7. The van der Waals surface area contributed by atoms with Crippen molar-refractivity contribution in [3.63, 3.8) is 0 Å². The van der Waals surface area contributed by atoms with Crippen LogP contribution in [0.2, 0.25) is 0 Å². The number of nitro benzene ring substituents is 1. The second kappa shape index (κ2) is 11.5. The number of anilines is 1. The van der Waals surface area contributed by atoms with E-state index in [0.717, 1.165) is 31.7 Å². The summed E-state index contributed by atoms with van der Waals surface area (Å²) in [5, 5.41) is 14.8. The third kappa shape index (κ3) is 8.04. The molecule has 11 nitrogen and oxygen atoms in total. The maximum Gasteiger partial charge on any atom is 0.410 e. The normalized spacial score (nSPS) is 18.3. The fourth-order valence-corrected chi connectivity index (χ4v) is 5.36. The number of nitro groups is 1. The molecule has 1 heterocycles. The Labute approximate surface area is 207 Å². The van der Waals surface area contributed by atoms with Crippen molar-refractivity contribution in [1.82, 2.24) is 14.5 Å². The summed E-state index contributed by atoms with van der Waals surface area (Å²) in [4.78, 5) is 26.8. The third-order valence-electron chi connectivity index (χ3n) is 6.19. The van der Waals surface area contributed by atoms with E-state index in [-0.39, 0.29) is 29.3 Å². The van der Waals surface area contributed by atoms with Gasteiger partial charge in [0.2, 0.25) is 10.0 Å². The summed E-state index contributed by atoms with van der Waals surface area (Å²) in [6.45, 7) is 8.30. The number of hydrogen-bond acceptors (Lipinski definition) is 8. The second-order valence-electron chi connectivity index (χ2n) is 10.1. The van der Waals surface area contributed by atoms with Gasteiger partial charge >= 0.3 is 6.09 Å². The molecule has 0 atom stereocenters. The third-order valence-corrected chi connectivity index (χ3v) is 7.64. The highest BCUT2D eigenvalue weighted by atomic mass is 32.2. The minimum atomic E-state index is -3.90. The summed E-state index contributed by atoms with van der Waals surface area (Å²) >= 11 is 0. The van der Waals surface area contributed by atoms with Gasteiger partial charge in [0, 0.05) is 51.4 Å². The first-order chi connectivity index (χ1) is 16.4. The van der Waals surface area contributed by atoms with E-state index in [9.17, 15) is 23.3 Å². The SMILES string of the molecule is CC(C)(C)OC(=O)N1CCN(CCNS(=O)(=O)c2ccc(NC3CCCCC3)c([N+](=O)[O-])c2)CC1. The van der Waals surface area contributed by atoms with Crippen LogP contribution < -0.4 is 10.0 Å². The highest BCUT2D eigenvalue weighted by Gasteiger charge is 2.27. The first-order valence-electron chi connectivity index (χ1n) is 12.2. The monoisotopic (exact) mass is 511 g/mol. The fraction of sp³-hybridized carbons (Fsp3) is 0.696. The van der Waals surface area contributed by atoms with Gasteiger partial charge in [0.05, 0.1) is 9.82 Å². The van der Waals surface area contributed by atoms with Gasteiger partial charge in [0.15, 0.2) is 0 Å². The molecule has 12 heteroatoms. The van der Waals surface area contributed by atoms with Crippen molar-refractivity contribution in [2.24, 2.45) is 0 Å². The molecule has 0 unspecified atom stereocenters. The van der Waals surface area contributed by atoms with Crippen LogP contribution in [0.15, 0.2) is 23.1 Å². The van der Waals surface area contributed by atoms with Gasteiger partial charge in [-0.25, -0.2) is 17.9 Å². The molecule has 1 saturated heterocycles. The number of sulfonamides is 1. The van der Waals surface area contributed by atoms with Gasteiger partial charge < -0.3 is 15.0 Å². The van der Waals surface area contributed by atoms with Gasteiger partial charge in [-0.1, -0.05) is 19.3 Å². The molecule has 3 rings (SSSR count). The standard InChI is InChI=1S/C23H37N5O6S/c1-23(2,3)34-22(29)27-15-13-26(14-16-27)12-11-24-35(32,33)19-9-10-20(21(17-19)28(30)31)25-18-7-5-4-6-8-18/h9-10,17-18,24-25H,4-8,11-16H2,1-3H3. The van der Waals surface area contributed by atoms with Crippen molar-refractivity contribution in [3.05, 3.63) is 28.3 Å². The van der Waals surface area contributed by atoms with Crippen LogP contribution in [0.4, 0.5) is 16.2 Å². The molecule has 1 aliphatic carbocycles. The highest BCUT2D eigenvalue weighted by molar-refractivity contribution is 7.89. The van der Waals surface area contributed by atoms with Gasteiger partial charge in [-0.05, 0) is 45.7 Å². The quantitative estimate of drug-likeness (QED) is 0.401. The zero-order valence-electron chi connectivity index (χ0n) is 20.8. The Bertz CT molecular complexity index is 996. The molecule has 1 aromatic carbocycles. The van der Waals surface area contributed by atoms with Crippen molar-refractivity contribution in [2.75, 3.05) is 44.6 Å². The van der Waals surface area contributed by atoms with Crippen LogP contribution in [-0.2, 0) is 14.8 Å². The Morgan fingerprint density at radius 2 is 1.80 bits per heavy atom.